The Balaban J connectivity index is 1.62. The monoisotopic (exact) mass is 496 g/mol. The number of carbonyl (C=O) groups excluding carboxylic acids is 1. The molecule has 0 aliphatic rings. The number of ether oxygens (including phenoxy) is 2. The lowest BCUT2D eigenvalue weighted by molar-refractivity contribution is 0.0958. The zero-order chi connectivity index (χ0) is 25.0. The molecule has 2 N–H and O–H groups in total. The maximum Gasteiger partial charge on any atom is 0.267 e. The quantitative estimate of drug-likeness (QED) is 0.322. The highest BCUT2D eigenvalue weighted by molar-refractivity contribution is 7.92. The molecule has 0 bridgehead atoms. The second-order valence-corrected chi connectivity index (χ2v) is 8.80. The topological polar surface area (TPSA) is 166 Å². The number of benzene rings is 1. The minimum absolute atomic E-state index is 0.0527. The third-order valence-electron chi connectivity index (χ3n) is 4.89. The van der Waals surface area contributed by atoms with Crippen molar-refractivity contribution >= 4 is 27.5 Å². The van der Waals surface area contributed by atoms with Gasteiger partial charge >= 0.3 is 0 Å². The second-order valence-electron chi connectivity index (χ2n) is 7.15. The summed E-state index contributed by atoms with van der Waals surface area (Å²) < 4.78 is 41.9. The van der Waals surface area contributed by atoms with Crippen molar-refractivity contribution in [2.24, 2.45) is 0 Å². The summed E-state index contributed by atoms with van der Waals surface area (Å²) in [5.41, 5.74) is 1.35. The zero-order valence-corrected chi connectivity index (χ0v) is 19.5. The molecule has 0 unspecified atom stereocenters. The van der Waals surface area contributed by atoms with Crippen LogP contribution < -0.4 is 19.5 Å². The van der Waals surface area contributed by atoms with E-state index in [-0.39, 0.29) is 35.6 Å². The summed E-state index contributed by atoms with van der Waals surface area (Å²) in [7, 11) is -1.22. The number of nitrogens with one attached hydrogen (secondary N) is 2. The van der Waals surface area contributed by atoms with Crippen LogP contribution >= 0.6 is 0 Å². The van der Waals surface area contributed by atoms with Gasteiger partial charge in [0, 0.05) is 12.3 Å². The maximum atomic E-state index is 13.0. The average Bonchev–Trinajstić information content (AvgIpc) is 3.49. The van der Waals surface area contributed by atoms with E-state index in [1.807, 2.05) is 6.07 Å². The van der Waals surface area contributed by atoms with Gasteiger partial charge in [-0.3, -0.25) is 9.48 Å². The van der Waals surface area contributed by atoms with Gasteiger partial charge in [0.25, 0.3) is 15.9 Å². The van der Waals surface area contributed by atoms with Crippen LogP contribution in [-0.4, -0.2) is 59.5 Å². The number of fused-ring (bicyclic) bond motifs is 1. The Bertz CT molecular complexity index is 1540. The van der Waals surface area contributed by atoms with Gasteiger partial charge in [0.1, 0.15) is 17.2 Å². The normalized spacial score (nSPS) is 11.1. The fourth-order valence-corrected chi connectivity index (χ4v) is 4.49. The number of aromatic nitrogens is 5. The summed E-state index contributed by atoms with van der Waals surface area (Å²) in [6.45, 7) is 0.168. The second kappa shape index (κ2) is 9.69. The number of methoxy groups -OCH3 is 2. The van der Waals surface area contributed by atoms with Crippen molar-refractivity contribution in [3.8, 4) is 17.7 Å². The predicted octanol–water partition coefficient (Wildman–Crippen LogP) is 1.05. The Kier molecular flexibility index (Phi) is 6.51. The third kappa shape index (κ3) is 4.84. The fraction of sp³-hybridized carbons (Fsp3) is 0.190. The Morgan fingerprint density at radius 1 is 1.17 bits per heavy atom. The Morgan fingerprint density at radius 2 is 1.97 bits per heavy atom. The van der Waals surface area contributed by atoms with Crippen LogP contribution in [0, 0.1) is 11.3 Å². The minimum Gasteiger partial charge on any atom is -0.495 e. The number of anilines is 1. The average molecular weight is 497 g/mol. The largest absolute Gasteiger partial charge is 0.495 e. The molecule has 0 saturated carbocycles. The number of hydrogen-bond donors (Lipinski definition) is 2. The molecule has 180 valence electrons. The fourth-order valence-electron chi connectivity index (χ4n) is 3.34. The molecule has 0 atom stereocenters. The van der Waals surface area contributed by atoms with E-state index in [9.17, 15) is 13.2 Å². The first-order valence-electron chi connectivity index (χ1n) is 10.1. The number of sulfonamides is 1. The van der Waals surface area contributed by atoms with Crippen LogP contribution in [0.25, 0.3) is 5.65 Å². The van der Waals surface area contributed by atoms with Crippen LogP contribution in [0.1, 0.15) is 15.9 Å². The molecule has 3 heterocycles. The van der Waals surface area contributed by atoms with E-state index in [0.29, 0.717) is 16.8 Å². The van der Waals surface area contributed by atoms with Gasteiger partial charge < -0.3 is 14.8 Å². The first-order chi connectivity index (χ1) is 16.9. The number of hydrogen-bond acceptors (Lipinski definition) is 9. The summed E-state index contributed by atoms with van der Waals surface area (Å²) in [6, 6.07) is 11.4. The van der Waals surface area contributed by atoms with Gasteiger partial charge in [-0.1, -0.05) is 12.1 Å². The molecule has 0 radical (unpaired) electrons. The van der Waals surface area contributed by atoms with E-state index in [4.69, 9.17) is 14.7 Å². The molecule has 3 aromatic heterocycles. The van der Waals surface area contributed by atoms with Gasteiger partial charge in [0.15, 0.2) is 5.65 Å². The summed E-state index contributed by atoms with van der Waals surface area (Å²) in [4.78, 5) is 11.9. The van der Waals surface area contributed by atoms with Gasteiger partial charge in [0.05, 0.1) is 38.6 Å². The van der Waals surface area contributed by atoms with E-state index in [1.165, 1.54) is 41.6 Å². The maximum absolute atomic E-state index is 13.0. The molecule has 35 heavy (non-hydrogen) atoms. The van der Waals surface area contributed by atoms with Crippen molar-refractivity contribution in [2.45, 2.75) is 11.4 Å². The Morgan fingerprint density at radius 3 is 2.71 bits per heavy atom. The highest BCUT2D eigenvalue weighted by Crippen LogP contribution is 2.27. The van der Waals surface area contributed by atoms with Crippen molar-refractivity contribution in [3.63, 3.8) is 0 Å². The third-order valence-corrected chi connectivity index (χ3v) is 6.26. The number of para-hydroxylation sites is 1. The minimum atomic E-state index is -4.04. The van der Waals surface area contributed by atoms with Crippen LogP contribution in [0.3, 0.4) is 0 Å². The van der Waals surface area contributed by atoms with Crippen molar-refractivity contribution in [1.82, 2.24) is 29.7 Å². The molecule has 0 aliphatic carbocycles. The molecule has 13 nitrogen and oxygen atoms in total. The van der Waals surface area contributed by atoms with Gasteiger partial charge in [0.2, 0.25) is 11.8 Å². The van der Waals surface area contributed by atoms with Gasteiger partial charge in [-0.15, -0.1) is 10.2 Å². The summed E-state index contributed by atoms with van der Waals surface area (Å²) in [5.74, 6) is -0.0116. The van der Waals surface area contributed by atoms with E-state index in [1.54, 1.807) is 30.5 Å². The van der Waals surface area contributed by atoms with Crippen LogP contribution in [0.5, 0.6) is 11.6 Å². The van der Waals surface area contributed by atoms with Crippen molar-refractivity contribution < 1.29 is 22.7 Å². The number of amides is 1. The van der Waals surface area contributed by atoms with E-state index in [2.05, 4.69) is 25.3 Å². The number of nitrogens with zero attached hydrogens (tertiary/aromatic N) is 6. The number of carbonyl (C=O) groups is 1. The molecule has 1 aromatic carbocycles. The van der Waals surface area contributed by atoms with Crippen LogP contribution in [0.2, 0.25) is 0 Å². The molecule has 14 heteroatoms. The van der Waals surface area contributed by atoms with E-state index < -0.39 is 15.9 Å². The molecule has 1 amide bonds. The van der Waals surface area contributed by atoms with Crippen molar-refractivity contribution in [3.05, 3.63) is 59.9 Å². The van der Waals surface area contributed by atoms with Crippen LogP contribution in [-0.2, 0) is 16.6 Å². The van der Waals surface area contributed by atoms with Gasteiger partial charge in [-0.05, 0) is 23.8 Å². The SMILES string of the molecule is COc1ccccc1S(=O)(=O)Nc1nnc2cc(Cn3cc(C(=O)NCC#N)cn3)cc(OC)n12. The molecule has 4 aromatic rings. The molecule has 0 fully saturated rings. The number of rotatable bonds is 9. The summed E-state index contributed by atoms with van der Waals surface area (Å²) >= 11 is 0. The van der Waals surface area contributed by atoms with E-state index in [0.717, 1.165) is 0 Å². The van der Waals surface area contributed by atoms with Crippen molar-refractivity contribution in [2.75, 3.05) is 25.5 Å². The molecule has 0 spiro atoms. The van der Waals surface area contributed by atoms with Crippen molar-refractivity contribution in [1.29, 1.82) is 5.26 Å². The molecular formula is C21H20N8O5S. The highest BCUT2D eigenvalue weighted by atomic mass is 32.2. The van der Waals surface area contributed by atoms with Crippen LogP contribution in [0.15, 0.2) is 53.7 Å². The Hall–Kier alpha value is -4.64. The Labute approximate surface area is 200 Å². The van der Waals surface area contributed by atoms with Gasteiger partial charge in [-0.2, -0.15) is 10.4 Å². The standard InChI is InChI=1S/C21H20N8O5S/c1-33-16-5-3-4-6-17(16)35(31,32)27-21-26-25-18-9-14(10-19(34-2)29(18)21)12-28-13-15(11-24-28)20(30)23-8-7-22/h3-6,9-11,13H,8,12H2,1-2H3,(H,23,30)(H,26,27). The molecule has 0 aliphatic heterocycles. The zero-order valence-electron chi connectivity index (χ0n) is 18.7. The molecule has 4 rings (SSSR count). The number of pyridine rings is 1. The van der Waals surface area contributed by atoms with Gasteiger partial charge in [-0.25, -0.2) is 17.5 Å². The lowest BCUT2D eigenvalue weighted by Crippen LogP contribution is -2.22. The number of nitriles is 1. The predicted molar refractivity (Wildman–Crippen MR) is 123 cm³/mol. The first-order valence-corrected chi connectivity index (χ1v) is 11.6. The molecular weight excluding hydrogens is 476 g/mol. The summed E-state index contributed by atoms with van der Waals surface area (Å²) in [6.07, 6.45) is 2.93. The lowest BCUT2D eigenvalue weighted by atomic mass is 10.2. The molecule has 0 saturated heterocycles. The lowest BCUT2D eigenvalue weighted by Gasteiger charge is -2.12. The van der Waals surface area contributed by atoms with Crippen LogP contribution in [0.4, 0.5) is 5.95 Å². The first kappa shape index (κ1) is 23.5. The highest BCUT2D eigenvalue weighted by Gasteiger charge is 2.23. The van der Waals surface area contributed by atoms with E-state index >= 15 is 0 Å². The summed E-state index contributed by atoms with van der Waals surface area (Å²) in [5, 5.41) is 23.2. The smallest absolute Gasteiger partial charge is 0.267 e.